The van der Waals surface area contributed by atoms with Gasteiger partial charge in [0.15, 0.2) is 0 Å². The molecule has 0 saturated carbocycles. The zero-order chi connectivity index (χ0) is 19.0. The fraction of sp³-hybridized carbons (Fsp3) is 0.143. The normalized spacial score (nSPS) is 15.7. The van der Waals surface area contributed by atoms with Crippen LogP contribution in [0.4, 0.5) is 5.69 Å². The Morgan fingerprint density at radius 2 is 1.96 bits per heavy atom. The van der Waals surface area contributed by atoms with Crippen LogP contribution in [0.15, 0.2) is 60.8 Å². The Labute approximate surface area is 156 Å². The van der Waals surface area contributed by atoms with E-state index in [0.717, 1.165) is 16.9 Å². The summed E-state index contributed by atoms with van der Waals surface area (Å²) in [5, 5.41) is 12.4. The van der Waals surface area contributed by atoms with Crippen molar-refractivity contribution < 1.29 is 19.4 Å². The summed E-state index contributed by atoms with van der Waals surface area (Å²) in [5.41, 5.74) is 2.92. The number of aromatic nitrogens is 1. The molecule has 6 nitrogen and oxygen atoms in total. The predicted octanol–water partition coefficient (Wildman–Crippen LogP) is 3.66. The van der Waals surface area contributed by atoms with E-state index >= 15 is 0 Å². The van der Waals surface area contributed by atoms with Crippen LogP contribution < -0.4 is 10.1 Å². The van der Waals surface area contributed by atoms with Crippen molar-refractivity contribution >= 4 is 17.6 Å². The van der Waals surface area contributed by atoms with Crippen molar-refractivity contribution in [2.75, 3.05) is 12.4 Å². The highest BCUT2D eigenvalue weighted by Crippen LogP contribution is 2.41. The van der Waals surface area contributed by atoms with Gasteiger partial charge in [-0.25, -0.2) is 4.79 Å². The molecule has 1 aliphatic rings. The van der Waals surface area contributed by atoms with Gasteiger partial charge in [-0.05, 0) is 17.7 Å². The van der Waals surface area contributed by atoms with E-state index in [1.54, 1.807) is 13.3 Å². The number of nitrogens with one attached hydrogen (secondary N) is 1. The Morgan fingerprint density at radius 3 is 2.67 bits per heavy atom. The third-order valence-corrected chi connectivity index (χ3v) is 4.79. The molecule has 0 saturated heterocycles. The van der Waals surface area contributed by atoms with Gasteiger partial charge in [-0.3, -0.25) is 4.79 Å². The van der Waals surface area contributed by atoms with Crippen LogP contribution in [0.1, 0.15) is 34.0 Å². The van der Waals surface area contributed by atoms with Crippen LogP contribution in [0, 0.1) is 0 Å². The molecule has 2 N–H and O–H groups in total. The van der Waals surface area contributed by atoms with Crippen molar-refractivity contribution in [3.63, 3.8) is 0 Å². The highest BCUT2D eigenvalue weighted by atomic mass is 16.5. The van der Waals surface area contributed by atoms with E-state index in [2.05, 4.69) is 5.32 Å². The van der Waals surface area contributed by atoms with Crippen molar-refractivity contribution in [1.82, 2.24) is 4.57 Å². The van der Waals surface area contributed by atoms with E-state index in [1.807, 2.05) is 59.2 Å². The number of ether oxygens (including phenoxy) is 1. The first-order valence-corrected chi connectivity index (χ1v) is 8.56. The second kappa shape index (κ2) is 6.64. The largest absolute Gasteiger partial charge is 0.497 e. The molecule has 1 aromatic heterocycles. The Hall–Kier alpha value is -3.54. The number of nitrogens with zero attached hydrogens (tertiary/aromatic N) is 1. The lowest BCUT2D eigenvalue weighted by molar-refractivity contribution is -0.116. The molecule has 6 heteroatoms. The lowest BCUT2D eigenvalue weighted by atomic mass is 9.88. The predicted molar refractivity (Wildman–Crippen MR) is 101 cm³/mol. The van der Waals surface area contributed by atoms with Crippen LogP contribution in [0.5, 0.6) is 5.75 Å². The van der Waals surface area contributed by atoms with E-state index in [9.17, 15) is 14.7 Å². The average molecular weight is 362 g/mol. The Bertz CT molecular complexity index is 1020. The fourth-order valence-corrected chi connectivity index (χ4v) is 3.56. The fourth-order valence-electron chi connectivity index (χ4n) is 3.56. The number of hydrogen-bond donors (Lipinski definition) is 2. The summed E-state index contributed by atoms with van der Waals surface area (Å²) in [5.74, 6) is -0.846. The standard InChI is InChI=1S/C21H18N2O4/c1-27-15-9-5-8-14(10-15)23-12-17(21(25)26)19-20(23)16(11-18(24)22-19)13-6-3-2-4-7-13/h2-10,12,16H,11H2,1H3,(H,22,24)(H,25,26). The number of carbonyl (C=O) groups excluding carboxylic acids is 1. The van der Waals surface area contributed by atoms with Gasteiger partial charge in [0.05, 0.1) is 18.5 Å². The zero-order valence-corrected chi connectivity index (χ0v) is 14.7. The molecular weight excluding hydrogens is 344 g/mol. The monoisotopic (exact) mass is 362 g/mol. The molecule has 1 atom stereocenters. The Balaban J connectivity index is 1.97. The smallest absolute Gasteiger partial charge is 0.339 e. The summed E-state index contributed by atoms with van der Waals surface area (Å²) >= 11 is 0. The van der Waals surface area contributed by atoms with Gasteiger partial charge in [0.25, 0.3) is 0 Å². The minimum Gasteiger partial charge on any atom is -0.497 e. The molecule has 0 fully saturated rings. The molecule has 2 heterocycles. The maximum Gasteiger partial charge on any atom is 0.339 e. The molecule has 2 aromatic carbocycles. The highest BCUT2D eigenvalue weighted by Gasteiger charge is 2.34. The molecule has 0 aliphatic carbocycles. The second-order valence-corrected chi connectivity index (χ2v) is 6.40. The molecule has 0 spiro atoms. The lowest BCUT2D eigenvalue weighted by Gasteiger charge is -2.26. The zero-order valence-electron chi connectivity index (χ0n) is 14.7. The van der Waals surface area contributed by atoms with E-state index in [1.165, 1.54) is 0 Å². The minimum absolute atomic E-state index is 0.0711. The van der Waals surface area contributed by atoms with Gasteiger partial charge in [-0.1, -0.05) is 36.4 Å². The number of carboxylic acid groups (broad SMARTS) is 1. The lowest BCUT2D eigenvalue weighted by Crippen LogP contribution is -2.25. The number of carbonyl (C=O) groups is 2. The molecule has 0 radical (unpaired) electrons. The molecule has 3 aromatic rings. The van der Waals surface area contributed by atoms with E-state index in [4.69, 9.17) is 4.74 Å². The number of hydrogen-bond acceptors (Lipinski definition) is 3. The van der Waals surface area contributed by atoms with Gasteiger partial charge >= 0.3 is 5.97 Å². The summed E-state index contributed by atoms with van der Waals surface area (Å²) in [6.45, 7) is 0. The van der Waals surface area contributed by atoms with Crippen molar-refractivity contribution in [2.45, 2.75) is 12.3 Å². The number of aromatic carboxylic acids is 1. The van der Waals surface area contributed by atoms with Crippen LogP contribution in [0.25, 0.3) is 5.69 Å². The van der Waals surface area contributed by atoms with Crippen molar-refractivity contribution in [2.24, 2.45) is 0 Å². The van der Waals surface area contributed by atoms with E-state index < -0.39 is 5.97 Å². The number of rotatable bonds is 4. The Kier molecular flexibility index (Phi) is 4.16. The molecule has 136 valence electrons. The van der Waals surface area contributed by atoms with Crippen molar-refractivity contribution in [1.29, 1.82) is 0 Å². The summed E-state index contributed by atoms with van der Waals surface area (Å²) in [4.78, 5) is 24.1. The number of methoxy groups -OCH3 is 1. The van der Waals surface area contributed by atoms with Crippen LogP contribution in [0.3, 0.4) is 0 Å². The summed E-state index contributed by atoms with van der Waals surface area (Å²) < 4.78 is 7.14. The molecule has 1 aliphatic heterocycles. The van der Waals surface area contributed by atoms with Gasteiger partial charge in [-0.15, -0.1) is 0 Å². The minimum atomic E-state index is -1.08. The van der Waals surface area contributed by atoms with Gasteiger partial charge in [-0.2, -0.15) is 0 Å². The third-order valence-electron chi connectivity index (χ3n) is 4.79. The summed E-state index contributed by atoms with van der Waals surface area (Å²) in [6, 6.07) is 17.0. The van der Waals surface area contributed by atoms with Gasteiger partial charge in [0, 0.05) is 30.3 Å². The highest BCUT2D eigenvalue weighted by molar-refractivity contribution is 6.04. The maximum absolute atomic E-state index is 12.3. The Morgan fingerprint density at radius 1 is 1.19 bits per heavy atom. The van der Waals surface area contributed by atoms with Crippen LogP contribution in [0.2, 0.25) is 0 Å². The van der Waals surface area contributed by atoms with Gasteiger partial charge in [0.1, 0.15) is 11.3 Å². The molecule has 1 unspecified atom stereocenters. The van der Waals surface area contributed by atoms with Gasteiger partial charge < -0.3 is 19.7 Å². The molecule has 0 bridgehead atoms. The topological polar surface area (TPSA) is 80.6 Å². The van der Waals surface area contributed by atoms with E-state index in [0.29, 0.717) is 11.4 Å². The number of amides is 1. The molecular formula is C21H18N2O4. The van der Waals surface area contributed by atoms with Crippen molar-refractivity contribution in [3.05, 3.63) is 77.6 Å². The quantitative estimate of drug-likeness (QED) is 0.742. The number of anilines is 1. The molecule has 1 amide bonds. The first-order chi connectivity index (χ1) is 13.1. The van der Waals surface area contributed by atoms with E-state index in [-0.39, 0.29) is 23.8 Å². The molecule has 4 rings (SSSR count). The first kappa shape index (κ1) is 16.9. The van der Waals surface area contributed by atoms with Crippen LogP contribution in [-0.2, 0) is 4.79 Å². The number of fused-ring (bicyclic) bond motifs is 1. The van der Waals surface area contributed by atoms with Crippen LogP contribution >= 0.6 is 0 Å². The summed E-state index contributed by atoms with van der Waals surface area (Å²) in [6.07, 6.45) is 1.81. The maximum atomic E-state index is 12.3. The first-order valence-electron chi connectivity index (χ1n) is 8.56. The van der Waals surface area contributed by atoms with Gasteiger partial charge in [0.2, 0.25) is 5.91 Å². The van der Waals surface area contributed by atoms with Crippen LogP contribution in [-0.4, -0.2) is 28.7 Å². The SMILES string of the molecule is COc1cccc(-n2cc(C(=O)O)c3c2C(c2ccccc2)CC(=O)N3)c1. The second-order valence-electron chi connectivity index (χ2n) is 6.40. The average Bonchev–Trinajstić information content (AvgIpc) is 3.07. The van der Waals surface area contributed by atoms with Crippen molar-refractivity contribution in [3.8, 4) is 11.4 Å². The number of benzene rings is 2. The number of carboxylic acids is 1. The third kappa shape index (κ3) is 2.95. The summed E-state index contributed by atoms with van der Waals surface area (Å²) in [7, 11) is 1.58. The molecule has 27 heavy (non-hydrogen) atoms.